The molecule has 0 saturated heterocycles. The molecule has 6 nitrogen and oxygen atoms in total. The second kappa shape index (κ2) is 6.95. The molecular weight excluding hydrogens is 347 g/mol. The van der Waals surface area contributed by atoms with Crippen LogP contribution in [0.15, 0.2) is 70.0 Å². The SMILES string of the molecule is Cc1ccc(-c2noc(Cn3nc(-c4ccccc4F)ccc3=O)n2)cc1. The molecule has 0 aliphatic rings. The summed E-state index contributed by atoms with van der Waals surface area (Å²) >= 11 is 0. The highest BCUT2D eigenvalue weighted by molar-refractivity contribution is 5.59. The number of benzene rings is 2. The molecule has 0 atom stereocenters. The van der Waals surface area contributed by atoms with E-state index in [0.717, 1.165) is 11.1 Å². The first-order valence-corrected chi connectivity index (χ1v) is 8.33. The minimum atomic E-state index is -0.408. The molecule has 0 radical (unpaired) electrons. The van der Waals surface area contributed by atoms with Crippen LogP contribution in [0.1, 0.15) is 11.5 Å². The molecule has 0 saturated carbocycles. The zero-order valence-corrected chi connectivity index (χ0v) is 14.5. The fraction of sp³-hybridized carbons (Fsp3) is 0.100. The molecule has 2 heterocycles. The van der Waals surface area contributed by atoms with Gasteiger partial charge in [-0.3, -0.25) is 4.79 Å². The Morgan fingerprint density at radius 1 is 1.04 bits per heavy atom. The van der Waals surface area contributed by atoms with E-state index in [-0.39, 0.29) is 18.0 Å². The second-order valence-electron chi connectivity index (χ2n) is 6.07. The summed E-state index contributed by atoms with van der Waals surface area (Å²) in [6, 6.07) is 16.8. The molecule has 0 N–H and O–H groups in total. The maximum Gasteiger partial charge on any atom is 0.267 e. The van der Waals surface area contributed by atoms with Crippen molar-refractivity contribution in [1.29, 1.82) is 0 Å². The zero-order chi connectivity index (χ0) is 18.8. The molecule has 27 heavy (non-hydrogen) atoms. The van der Waals surface area contributed by atoms with Crippen molar-refractivity contribution >= 4 is 0 Å². The Bertz CT molecular complexity index is 1150. The van der Waals surface area contributed by atoms with Gasteiger partial charge in [0.15, 0.2) is 0 Å². The quantitative estimate of drug-likeness (QED) is 0.556. The summed E-state index contributed by atoms with van der Waals surface area (Å²) in [5.74, 6) is 0.267. The number of nitrogens with zero attached hydrogens (tertiary/aromatic N) is 4. The Morgan fingerprint density at radius 3 is 2.59 bits per heavy atom. The molecule has 2 aromatic carbocycles. The van der Waals surface area contributed by atoms with Gasteiger partial charge in [-0.2, -0.15) is 10.1 Å². The van der Waals surface area contributed by atoms with Crippen LogP contribution in [0.4, 0.5) is 4.39 Å². The standard InChI is InChI=1S/C20H15FN4O2/c1-13-6-8-14(9-7-13)20-22-18(27-24-20)12-25-19(26)11-10-17(23-25)15-4-2-3-5-16(15)21/h2-11H,12H2,1H3. The van der Waals surface area contributed by atoms with Crippen molar-refractivity contribution in [3.8, 4) is 22.6 Å². The third kappa shape index (κ3) is 3.52. The first-order chi connectivity index (χ1) is 13.1. The maximum absolute atomic E-state index is 14.0. The Labute approximate surface area is 153 Å². The molecule has 0 amide bonds. The highest BCUT2D eigenvalue weighted by Gasteiger charge is 2.12. The third-order valence-corrected chi connectivity index (χ3v) is 4.08. The van der Waals surface area contributed by atoms with Gasteiger partial charge in [0, 0.05) is 17.2 Å². The van der Waals surface area contributed by atoms with Crippen LogP contribution < -0.4 is 5.56 Å². The van der Waals surface area contributed by atoms with E-state index in [0.29, 0.717) is 17.1 Å². The lowest BCUT2D eigenvalue weighted by molar-refractivity contribution is 0.363. The Kier molecular flexibility index (Phi) is 4.33. The Hall–Kier alpha value is -3.61. The highest BCUT2D eigenvalue weighted by Crippen LogP contribution is 2.19. The second-order valence-corrected chi connectivity index (χ2v) is 6.07. The van der Waals surface area contributed by atoms with Gasteiger partial charge in [0.05, 0.1) is 5.69 Å². The number of aromatic nitrogens is 4. The van der Waals surface area contributed by atoms with Gasteiger partial charge in [0.25, 0.3) is 5.56 Å². The van der Waals surface area contributed by atoms with Crippen LogP contribution in [0.25, 0.3) is 22.6 Å². The van der Waals surface area contributed by atoms with Crippen LogP contribution >= 0.6 is 0 Å². The summed E-state index contributed by atoms with van der Waals surface area (Å²) in [6.07, 6.45) is 0. The van der Waals surface area contributed by atoms with E-state index in [1.807, 2.05) is 31.2 Å². The monoisotopic (exact) mass is 362 g/mol. The summed E-state index contributed by atoms with van der Waals surface area (Å²) in [6.45, 7) is 1.99. The summed E-state index contributed by atoms with van der Waals surface area (Å²) in [5, 5.41) is 8.18. The van der Waals surface area contributed by atoms with Gasteiger partial charge in [-0.25, -0.2) is 9.07 Å². The van der Waals surface area contributed by atoms with E-state index in [1.54, 1.807) is 18.2 Å². The van der Waals surface area contributed by atoms with E-state index in [4.69, 9.17) is 4.52 Å². The highest BCUT2D eigenvalue weighted by atomic mass is 19.1. The number of rotatable bonds is 4. The predicted molar refractivity (Wildman–Crippen MR) is 97.5 cm³/mol. The van der Waals surface area contributed by atoms with Crippen LogP contribution in [0.3, 0.4) is 0 Å². The van der Waals surface area contributed by atoms with E-state index >= 15 is 0 Å². The molecule has 134 valence electrons. The topological polar surface area (TPSA) is 73.8 Å². The fourth-order valence-electron chi connectivity index (χ4n) is 2.64. The Balaban J connectivity index is 1.63. The molecule has 0 fully saturated rings. The van der Waals surface area contributed by atoms with E-state index in [1.165, 1.54) is 22.9 Å². The van der Waals surface area contributed by atoms with E-state index in [2.05, 4.69) is 15.2 Å². The largest absolute Gasteiger partial charge is 0.337 e. The van der Waals surface area contributed by atoms with Crippen molar-refractivity contribution in [3.63, 3.8) is 0 Å². The van der Waals surface area contributed by atoms with Gasteiger partial charge in [-0.15, -0.1) is 0 Å². The molecule has 0 aliphatic carbocycles. The van der Waals surface area contributed by atoms with E-state index < -0.39 is 5.82 Å². The van der Waals surface area contributed by atoms with Gasteiger partial charge < -0.3 is 4.52 Å². The summed E-state index contributed by atoms with van der Waals surface area (Å²) in [7, 11) is 0. The molecule has 0 aliphatic heterocycles. The lowest BCUT2D eigenvalue weighted by Gasteiger charge is -2.05. The molecule has 0 unspecified atom stereocenters. The van der Waals surface area contributed by atoms with Crippen molar-refractivity contribution in [2.24, 2.45) is 0 Å². The van der Waals surface area contributed by atoms with Crippen LogP contribution in [0.5, 0.6) is 0 Å². The average molecular weight is 362 g/mol. The molecule has 4 aromatic rings. The van der Waals surface area contributed by atoms with Crippen molar-refractivity contribution in [2.75, 3.05) is 0 Å². The number of aryl methyl sites for hydroxylation is 1. The first kappa shape index (κ1) is 16.8. The van der Waals surface area contributed by atoms with Gasteiger partial charge >= 0.3 is 0 Å². The van der Waals surface area contributed by atoms with E-state index in [9.17, 15) is 9.18 Å². The van der Waals surface area contributed by atoms with Gasteiger partial charge in [-0.1, -0.05) is 47.1 Å². The minimum absolute atomic E-state index is 0.0000126. The van der Waals surface area contributed by atoms with Crippen molar-refractivity contribution < 1.29 is 8.91 Å². The van der Waals surface area contributed by atoms with Crippen LogP contribution in [-0.4, -0.2) is 19.9 Å². The summed E-state index contributed by atoms with van der Waals surface area (Å²) in [5.41, 5.74) is 2.27. The predicted octanol–water partition coefficient (Wildman–Crippen LogP) is 3.46. The zero-order valence-electron chi connectivity index (χ0n) is 14.5. The Morgan fingerprint density at radius 2 is 1.81 bits per heavy atom. The van der Waals surface area contributed by atoms with Gasteiger partial charge in [0.2, 0.25) is 11.7 Å². The van der Waals surface area contributed by atoms with Gasteiger partial charge in [0.1, 0.15) is 12.4 Å². The average Bonchev–Trinajstić information content (AvgIpc) is 3.13. The fourth-order valence-corrected chi connectivity index (χ4v) is 2.64. The van der Waals surface area contributed by atoms with Crippen LogP contribution in [-0.2, 0) is 6.54 Å². The van der Waals surface area contributed by atoms with Crippen molar-refractivity contribution in [1.82, 2.24) is 19.9 Å². The molecule has 0 bridgehead atoms. The normalized spacial score (nSPS) is 10.9. The van der Waals surface area contributed by atoms with Crippen LogP contribution in [0.2, 0.25) is 0 Å². The molecular formula is C20H15FN4O2. The molecule has 7 heteroatoms. The number of hydrogen-bond acceptors (Lipinski definition) is 5. The first-order valence-electron chi connectivity index (χ1n) is 8.33. The third-order valence-electron chi connectivity index (χ3n) is 4.08. The van der Waals surface area contributed by atoms with Crippen molar-refractivity contribution in [2.45, 2.75) is 13.5 Å². The molecule has 0 spiro atoms. The lowest BCUT2D eigenvalue weighted by atomic mass is 10.1. The molecule has 4 rings (SSSR count). The maximum atomic E-state index is 14.0. The summed E-state index contributed by atoms with van der Waals surface area (Å²) < 4.78 is 20.4. The van der Waals surface area contributed by atoms with Crippen LogP contribution in [0, 0.1) is 12.7 Å². The number of halogens is 1. The molecule has 2 aromatic heterocycles. The van der Waals surface area contributed by atoms with Crippen molar-refractivity contribution in [3.05, 3.63) is 88.3 Å². The van der Waals surface area contributed by atoms with Gasteiger partial charge in [-0.05, 0) is 25.1 Å². The minimum Gasteiger partial charge on any atom is -0.337 e. The smallest absolute Gasteiger partial charge is 0.267 e. The number of hydrogen-bond donors (Lipinski definition) is 0. The summed E-state index contributed by atoms with van der Waals surface area (Å²) in [4.78, 5) is 16.4. The lowest BCUT2D eigenvalue weighted by Crippen LogP contribution is -2.23.